The number of rotatable bonds is 4. The van der Waals surface area contributed by atoms with Gasteiger partial charge in [0.1, 0.15) is 0 Å². The summed E-state index contributed by atoms with van der Waals surface area (Å²) in [6, 6.07) is 20.8. The fraction of sp³-hybridized carbons (Fsp3) is 0. The van der Waals surface area contributed by atoms with Gasteiger partial charge in [-0.05, 0) is 53.6 Å². The molecule has 26 heavy (non-hydrogen) atoms. The molecule has 0 aliphatic heterocycles. The van der Waals surface area contributed by atoms with Gasteiger partial charge < -0.3 is 5.32 Å². The summed E-state index contributed by atoms with van der Waals surface area (Å²) >= 11 is 5.93. The van der Waals surface area contributed by atoms with E-state index in [1.807, 2.05) is 6.07 Å². The van der Waals surface area contributed by atoms with E-state index in [2.05, 4.69) is 5.32 Å². The molecule has 3 N–H and O–H groups in total. The van der Waals surface area contributed by atoms with Crippen LogP contribution in [-0.2, 0) is 0 Å². The molecule has 0 atom stereocenters. The number of hydroxylamine groups is 1. The zero-order chi connectivity index (χ0) is 18.5. The Kier molecular flexibility index (Phi) is 5.31. The summed E-state index contributed by atoms with van der Waals surface area (Å²) in [5.41, 5.74) is 4.72. The van der Waals surface area contributed by atoms with E-state index < -0.39 is 5.91 Å². The summed E-state index contributed by atoms with van der Waals surface area (Å²) in [5, 5.41) is 12.0. The van der Waals surface area contributed by atoms with Crippen LogP contribution in [0, 0.1) is 0 Å². The highest BCUT2D eigenvalue weighted by atomic mass is 35.5. The van der Waals surface area contributed by atoms with E-state index in [-0.39, 0.29) is 5.91 Å². The Labute approximate surface area is 155 Å². The van der Waals surface area contributed by atoms with E-state index in [0.717, 1.165) is 11.1 Å². The van der Waals surface area contributed by atoms with Crippen LogP contribution in [0.4, 0.5) is 5.69 Å². The van der Waals surface area contributed by atoms with Crippen molar-refractivity contribution < 1.29 is 14.8 Å². The van der Waals surface area contributed by atoms with Crippen molar-refractivity contribution in [1.82, 2.24) is 5.48 Å². The van der Waals surface area contributed by atoms with Gasteiger partial charge in [-0.25, -0.2) is 5.48 Å². The summed E-state index contributed by atoms with van der Waals surface area (Å²) in [6.45, 7) is 0. The number of carbonyl (C=O) groups excluding carboxylic acids is 2. The van der Waals surface area contributed by atoms with Crippen LogP contribution in [0.3, 0.4) is 0 Å². The van der Waals surface area contributed by atoms with Crippen molar-refractivity contribution in [1.29, 1.82) is 0 Å². The quantitative estimate of drug-likeness (QED) is 0.473. The van der Waals surface area contributed by atoms with Crippen LogP contribution in [0.15, 0.2) is 72.8 Å². The van der Waals surface area contributed by atoms with Gasteiger partial charge in [-0.2, -0.15) is 0 Å². The summed E-state index contributed by atoms with van der Waals surface area (Å²) in [5.74, 6) is -0.823. The third-order valence-electron chi connectivity index (χ3n) is 3.79. The fourth-order valence-electron chi connectivity index (χ4n) is 2.49. The first-order valence-corrected chi connectivity index (χ1v) is 8.16. The molecule has 130 valence electrons. The zero-order valence-corrected chi connectivity index (χ0v) is 14.3. The Morgan fingerprint density at radius 3 is 2.19 bits per heavy atom. The monoisotopic (exact) mass is 366 g/mol. The second kappa shape index (κ2) is 7.82. The number of hydrogen-bond donors (Lipinski definition) is 3. The van der Waals surface area contributed by atoms with Gasteiger partial charge >= 0.3 is 0 Å². The Bertz CT molecular complexity index is 955. The van der Waals surface area contributed by atoms with Crippen LogP contribution in [-0.4, -0.2) is 17.0 Å². The van der Waals surface area contributed by atoms with Crippen molar-refractivity contribution in [2.24, 2.45) is 0 Å². The molecule has 3 aromatic carbocycles. The van der Waals surface area contributed by atoms with E-state index in [1.165, 1.54) is 0 Å². The summed E-state index contributed by atoms with van der Waals surface area (Å²) in [6.07, 6.45) is 0. The van der Waals surface area contributed by atoms with E-state index in [4.69, 9.17) is 16.8 Å². The largest absolute Gasteiger partial charge is 0.322 e. The molecule has 5 nitrogen and oxygen atoms in total. The van der Waals surface area contributed by atoms with Crippen molar-refractivity contribution in [3.63, 3.8) is 0 Å². The van der Waals surface area contributed by atoms with Gasteiger partial charge in [0.25, 0.3) is 11.8 Å². The highest BCUT2D eigenvalue weighted by Gasteiger charge is 2.09. The Hall–Kier alpha value is -3.15. The summed E-state index contributed by atoms with van der Waals surface area (Å²) in [4.78, 5) is 23.8. The van der Waals surface area contributed by atoms with Crippen LogP contribution in [0.25, 0.3) is 11.1 Å². The smallest absolute Gasteiger partial charge is 0.274 e. The van der Waals surface area contributed by atoms with E-state index in [0.29, 0.717) is 21.8 Å². The summed E-state index contributed by atoms with van der Waals surface area (Å²) in [7, 11) is 0. The molecule has 0 fully saturated rings. The van der Waals surface area contributed by atoms with Crippen molar-refractivity contribution in [2.75, 3.05) is 5.32 Å². The van der Waals surface area contributed by atoms with Gasteiger partial charge in [0.05, 0.1) is 0 Å². The van der Waals surface area contributed by atoms with Crippen molar-refractivity contribution >= 4 is 29.1 Å². The first-order chi connectivity index (χ1) is 12.6. The first-order valence-electron chi connectivity index (χ1n) is 7.78. The van der Waals surface area contributed by atoms with Gasteiger partial charge in [-0.3, -0.25) is 14.8 Å². The molecule has 0 saturated carbocycles. The molecule has 0 heterocycles. The van der Waals surface area contributed by atoms with Crippen LogP contribution in [0.5, 0.6) is 0 Å². The number of halogens is 1. The number of anilines is 1. The van der Waals surface area contributed by atoms with Crippen molar-refractivity contribution in [3.8, 4) is 11.1 Å². The van der Waals surface area contributed by atoms with Gasteiger partial charge in [0.2, 0.25) is 0 Å². The van der Waals surface area contributed by atoms with E-state index >= 15 is 0 Å². The third kappa shape index (κ3) is 4.08. The molecule has 0 unspecified atom stereocenters. The molecular weight excluding hydrogens is 352 g/mol. The molecule has 0 radical (unpaired) electrons. The molecular formula is C20H15ClN2O3. The average molecular weight is 367 g/mol. The number of hydrogen-bond acceptors (Lipinski definition) is 3. The number of nitrogens with one attached hydrogen (secondary N) is 2. The Morgan fingerprint density at radius 1 is 0.769 bits per heavy atom. The summed E-state index contributed by atoms with van der Waals surface area (Å²) < 4.78 is 0. The number of carbonyl (C=O) groups is 2. The lowest BCUT2D eigenvalue weighted by Gasteiger charge is -2.08. The maximum Gasteiger partial charge on any atom is 0.274 e. The standard InChI is InChI=1S/C20H15ClN2O3/c21-17-5-2-6-18(12-17)22-19(24)16-4-1-3-15(11-16)13-7-9-14(10-8-13)20(25)23-26/h1-12,26H,(H,22,24)(H,23,25). The normalized spacial score (nSPS) is 10.2. The lowest BCUT2D eigenvalue weighted by atomic mass is 10.0. The van der Waals surface area contributed by atoms with Gasteiger partial charge in [-0.1, -0.05) is 41.9 Å². The lowest BCUT2D eigenvalue weighted by molar-refractivity contribution is 0.0706. The Morgan fingerprint density at radius 2 is 1.50 bits per heavy atom. The molecule has 0 aliphatic rings. The molecule has 0 saturated heterocycles. The zero-order valence-electron chi connectivity index (χ0n) is 13.6. The lowest BCUT2D eigenvalue weighted by Crippen LogP contribution is -2.18. The van der Waals surface area contributed by atoms with E-state index in [9.17, 15) is 9.59 Å². The number of amides is 2. The maximum absolute atomic E-state index is 12.5. The SMILES string of the molecule is O=C(NO)c1ccc(-c2cccc(C(=O)Nc3cccc(Cl)c3)c2)cc1. The minimum absolute atomic E-state index is 0.245. The van der Waals surface area contributed by atoms with Gasteiger partial charge in [-0.15, -0.1) is 0 Å². The molecule has 0 spiro atoms. The number of benzene rings is 3. The van der Waals surface area contributed by atoms with Gasteiger partial charge in [0, 0.05) is 21.8 Å². The van der Waals surface area contributed by atoms with Crippen molar-refractivity contribution in [2.45, 2.75) is 0 Å². The predicted octanol–water partition coefficient (Wildman–Crippen LogP) is 4.38. The highest BCUT2D eigenvalue weighted by molar-refractivity contribution is 6.31. The van der Waals surface area contributed by atoms with Crippen molar-refractivity contribution in [3.05, 3.63) is 88.9 Å². The molecule has 3 rings (SSSR count). The molecule has 3 aromatic rings. The van der Waals surface area contributed by atoms with Crippen LogP contribution < -0.4 is 10.8 Å². The second-order valence-electron chi connectivity index (χ2n) is 5.56. The predicted molar refractivity (Wildman–Crippen MR) is 101 cm³/mol. The molecule has 0 aromatic heterocycles. The minimum atomic E-state index is -0.578. The van der Waals surface area contributed by atoms with Crippen LogP contribution in [0.1, 0.15) is 20.7 Å². The molecule has 0 bridgehead atoms. The molecule has 6 heteroatoms. The minimum Gasteiger partial charge on any atom is -0.322 e. The fourth-order valence-corrected chi connectivity index (χ4v) is 2.68. The topological polar surface area (TPSA) is 78.4 Å². The maximum atomic E-state index is 12.5. The van der Waals surface area contributed by atoms with Crippen LogP contribution >= 0.6 is 11.6 Å². The average Bonchev–Trinajstić information content (AvgIpc) is 2.67. The van der Waals surface area contributed by atoms with Gasteiger partial charge in [0.15, 0.2) is 0 Å². The van der Waals surface area contributed by atoms with E-state index in [1.54, 1.807) is 72.2 Å². The molecule has 0 aliphatic carbocycles. The molecule has 2 amide bonds. The Balaban J connectivity index is 1.81. The first kappa shape index (κ1) is 17.7. The highest BCUT2D eigenvalue weighted by Crippen LogP contribution is 2.22. The third-order valence-corrected chi connectivity index (χ3v) is 4.02. The van der Waals surface area contributed by atoms with Crippen LogP contribution in [0.2, 0.25) is 5.02 Å². The second-order valence-corrected chi connectivity index (χ2v) is 6.00.